The molecule has 2 aromatic carbocycles. The lowest BCUT2D eigenvalue weighted by molar-refractivity contribution is -0.141. The molecule has 36 heavy (non-hydrogen) atoms. The van der Waals surface area contributed by atoms with E-state index in [0.717, 1.165) is 12.0 Å². The van der Waals surface area contributed by atoms with Gasteiger partial charge >= 0.3 is 0 Å². The molecule has 0 saturated heterocycles. The highest BCUT2D eigenvalue weighted by atomic mass is 35.5. The summed E-state index contributed by atoms with van der Waals surface area (Å²) < 4.78 is 11.4. The minimum absolute atomic E-state index is 0.00763. The van der Waals surface area contributed by atoms with Crippen molar-refractivity contribution in [2.45, 2.75) is 78.9 Å². The van der Waals surface area contributed by atoms with E-state index in [1.807, 2.05) is 52.8 Å². The Morgan fingerprint density at radius 3 is 2.17 bits per heavy atom. The summed E-state index contributed by atoms with van der Waals surface area (Å²) in [5, 5.41) is 3.94. The zero-order valence-corrected chi connectivity index (χ0v) is 23.4. The number of rotatable bonds is 14. The van der Waals surface area contributed by atoms with Gasteiger partial charge in [0.25, 0.3) is 0 Å². The van der Waals surface area contributed by atoms with E-state index < -0.39 is 6.04 Å². The zero-order valence-electron chi connectivity index (χ0n) is 21.9. The summed E-state index contributed by atoms with van der Waals surface area (Å²) in [6, 6.07) is 10.3. The van der Waals surface area contributed by atoms with Crippen molar-refractivity contribution in [2.24, 2.45) is 0 Å². The van der Waals surface area contributed by atoms with E-state index in [2.05, 4.69) is 5.32 Å². The molecule has 2 aromatic rings. The van der Waals surface area contributed by atoms with Gasteiger partial charge in [-0.15, -0.1) is 0 Å². The molecule has 8 heteroatoms. The van der Waals surface area contributed by atoms with Crippen molar-refractivity contribution in [3.63, 3.8) is 0 Å². The molecular weight excluding hydrogens is 499 g/mol. The first-order valence-corrected chi connectivity index (χ1v) is 13.4. The van der Waals surface area contributed by atoms with Crippen LogP contribution in [0.5, 0.6) is 11.5 Å². The van der Waals surface area contributed by atoms with Crippen LogP contribution in [0.15, 0.2) is 36.4 Å². The van der Waals surface area contributed by atoms with Crippen LogP contribution in [0.1, 0.15) is 65.0 Å². The van der Waals surface area contributed by atoms with Gasteiger partial charge in [-0.1, -0.05) is 49.2 Å². The van der Waals surface area contributed by atoms with Gasteiger partial charge in [0.15, 0.2) is 11.5 Å². The second-order valence-corrected chi connectivity index (χ2v) is 9.43. The molecule has 0 bridgehead atoms. The third-order valence-electron chi connectivity index (χ3n) is 6.01. The average Bonchev–Trinajstić information content (AvgIpc) is 2.85. The first-order valence-electron chi connectivity index (χ1n) is 12.7. The van der Waals surface area contributed by atoms with Crippen LogP contribution in [0.25, 0.3) is 0 Å². The quantitative estimate of drug-likeness (QED) is 0.301. The maximum Gasteiger partial charge on any atom is 0.243 e. The van der Waals surface area contributed by atoms with E-state index in [-0.39, 0.29) is 30.8 Å². The Morgan fingerprint density at radius 2 is 1.58 bits per heavy atom. The average molecular weight is 538 g/mol. The standard InChI is InChI=1S/C28H38Cl2N2O4/c1-6-19(5)31-28(34)24(7-2)32(18-21-22(29)11-10-12-23(21)30)27(33)16-14-20-13-15-25(35-8-3)26(17-20)36-9-4/h10-13,15,17,19,24H,6-9,14,16,18H2,1-5H3,(H,31,34)/t19-,24-/m1/s1. The van der Waals surface area contributed by atoms with E-state index in [1.165, 1.54) is 0 Å². The van der Waals surface area contributed by atoms with E-state index in [9.17, 15) is 9.59 Å². The topological polar surface area (TPSA) is 67.9 Å². The fourth-order valence-electron chi connectivity index (χ4n) is 3.86. The van der Waals surface area contributed by atoms with Crippen LogP contribution in [0.4, 0.5) is 0 Å². The summed E-state index contributed by atoms with van der Waals surface area (Å²) in [5.41, 5.74) is 1.58. The summed E-state index contributed by atoms with van der Waals surface area (Å²) in [5.74, 6) is 1.01. The van der Waals surface area contributed by atoms with Gasteiger partial charge in [0.05, 0.1) is 13.2 Å². The molecule has 2 amide bonds. The van der Waals surface area contributed by atoms with Gasteiger partial charge in [0.1, 0.15) is 6.04 Å². The number of ether oxygens (including phenoxy) is 2. The van der Waals surface area contributed by atoms with Crippen LogP contribution in [0.2, 0.25) is 10.0 Å². The van der Waals surface area contributed by atoms with E-state index in [0.29, 0.717) is 53.2 Å². The summed E-state index contributed by atoms with van der Waals surface area (Å²) in [6.45, 7) is 10.9. The molecule has 2 rings (SSSR count). The van der Waals surface area contributed by atoms with Crippen molar-refractivity contribution >= 4 is 35.0 Å². The number of amides is 2. The smallest absolute Gasteiger partial charge is 0.243 e. The Morgan fingerprint density at radius 1 is 0.944 bits per heavy atom. The van der Waals surface area contributed by atoms with Gasteiger partial charge < -0.3 is 19.7 Å². The normalized spacial score (nSPS) is 12.5. The summed E-state index contributed by atoms with van der Waals surface area (Å²) in [4.78, 5) is 28.3. The van der Waals surface area contributed by atoms with Gasteiger partial charge in [0, 0.05) is 34.6 Å². The highest BCUT2D eigenvalue weighted by Gasteiger charge is 2.30. The first-order chi connectivity index (χ1) is 17.2. The Balaban J connectivity index is 2.30. The van der Waals surface area contributed by atoms with Crippen molar-refractivity contribution in [3.8, 4) is 11.5 Å². The van der Waals surface area contributed by atoms with Gasteiger partial charge in [-0.2, -0.15) is 0 Å². The van der Waals surface area contributed by atoms with Gasteiger partial charge in [-0.05, 0) is 69.9 Å². The van der Waals surface area contributed by atoms with E-state index in [1.54, 1.807) is 23.1 Å². The maximum absolute atomic E-state index is 13.6. The molecule has 1 N–H and O–H groups in total. The molecule has 0 radical (unpaired) electrons. The highest BCUT2D eigenvalue weighted by Crippen LogP contribution is 2.30. The van der Waals surface area contributed by atoms with Crippen LogP contribution in [0.3, 0.4) is 0 Å². The molecule has 0 fully saturated rings. The molecule has 198 valence electrons. The summed E-state index contributed by atoms with van der Waals surface area (Å²) in [7, 11) is 0. The molecular formula is C28H38Cl2N2O4. The molecule has 0 heterocycles. The Labute approximate surface area is 225 Å². The zero-order chi connectivity index (χ0) is 26.7. The predicted molar refractivity (Wildman–Crippen MR) is 146 cm³/mol. The monoisotopic (exact) mass is 536 g/mol. The van der Waals surface area contributed by atoms with E-state index in [4.69, 9.17) is 32.7 Å². The fourth-order valence-corrected chi connectivity index (χ4v) is 4.38. The third kappa shape index (κ3) is 8.31. The number of nitrogens with zero attached hydrogens (tertiary/aromatic N) is 1. The van der Waals surface area contributed by atoms with Crippen molar-refractivity contribution < 1.29 is 19.1 Å². The van der Waals surface area contributed by atoms with Crippen molar-refractivity contribution in [1.82, 2.24) is 10.2 Å². The second kappa shape index (κ2) is 15.0. The molecule has 0 spiro atoms. The summed E-state index contributed by atoms with van der Waals surface area (Å²) >= 11 is 12.8. The SMILES string of the molecule is CCOc1ccc(CCC(=O)N(Cc2c(Cl)cccc2Cl)[C@H](CC)C(=O)N[C@H](C)CC)cc1OCC. The summed E-state index contributed by atoms with van der Waals surface area (Å²) in [6.07, 6.45) is 1.97. The number of aryl methyl sites for hydroxylation is 1. The van der Waals surface area contributed by atoms with Crippen molar-refractivity contribution in [3.05, 3.63) is 57.6 Å². The minimum Gasteiger partial charge on any atom is -0.490 e. The van der Waals surface area contributed by atoms with Crippen molar-refractivity contribution in [2.75, 3.05) is 13.2 Å². The largest absolute Gasteiger partial charge is 0.490 e. The molecule has 0 aliphatic carbocycles. The Hall–Kier alpha value is -2.44. The number of hydrogen-bond acceptors (Lipinski definition) is 4. The highest BCUT2D eigenvalue weighted by molar-refractivity contribution is 6.36. The fraction of sp³-hybridized carbons (Fsp3) is 0.500. The van der Waals surface area contributed by atoms with Gasteiger partial charge in [-0.25, -0.2) is 0 Å². The number of carbonyl (C=O) groups excluding carboxylic acids is 2. The van der Waals surface area contributed by atoms with Crippen molar-refractivity contribution in [1.29, 1.82) is 0 Å². The molecule has 6 nitrogen and oxygen atoms in total. The number of carbonyl (C=O) groups is 2. The number of benzene rings is 2. The molecule has 0 unspecified atom stereocenters. The van der Waals surface area contributed by atoms with Crippen LogP contribution in [-0.4, -0.2) is 42.0 Å². The number of hydrogen-bond donors (Lipinski definition) is 1. The van der Waals surface area contributed by atoms with E-state index >= 15 is 0 Å². The maximum atomic E-state index is 13.6. The molecule has 0 aliphatic rings. The Kier molecular flexibility index (Phi) is 12.4. The van der Waals surface area contributed by atoms with Crippen LogP contribution in [-0.2, 0) is 22.6 Å². The predicted octanol–water partition coefficient (Wildman–Crippen LogP) is 6.45. The Bertz CT molecular complexity index is 995. The second-order valence-electron chi connectivity index (χ2n) is 8.61. The van der Waals surface area contributed by atoms with Gasteiger partial charge in [-0.3, -0.25) is 9.59 Å². The molecule has 2 atom stereocenters. The number of halogens is 2. The number of nitrogens with one attached hydrogen (secondary N) is 1. The molecule has 0 saturated carbocycles. The molecule has 0 aromatic heterocycles. The minimum atomic E-state index is -0.641. The van der Waals surface area contributed by atoms with Crippen LogP contribution < -0.4 is 14.8 Å². The lowest BCUT2D eigenvalue weighted by Crippen LogP contribution is -2.50. The van der Waals surface area contributed by atoms with Crippen LogP contribution in [0, 0.1) is 0 Å². The lowest BCUT2D eigenvalue weighted by atomic mass is 10.0. The molecule has 0 aliphatic heterocycles. The lowest BCUT2D eigenvalue weighted by Gasteiger charge is -2.32. The van der Waals surface area contributed by atoms with Gasteiger partial charge in [0.2, 0.25) is 11.8 Å². The first kappa shape index (κ1) is 29.8. The van der Waals surface area contributed by atoms with Crippen LogP contribution >= 0.6 is 23.2 Å². The third-order valence-corrected chi connectivity index (χ3v) is 6.72.